The van der Waals surface area contributed by atoms with Crippen molar-refractivity contribution >= 4 is 34.8 Å². The van der Waals surface area contributed by atoms with E-state index >= 15 is 0 Å². The highest BCUT2D eigenvalue weighted by atomic mass is 35.5. The first-order valence-corrected chi connectivity index (χ1v) is 11.0. The minimum Gasteiger partial charge on any atom is -0.493 e. The van der Waals surface area contributed by atoms with Gasteiger partial charge in [-0.05, 0) is 61.3 Å². The van der Waals surface area contributed by atoms with Crippen molar-refractivity contribution in [3.8, 4) is 11.5 Å². The predicted molar refractivity (Wildman–Crippen MR) is 121 cm³/mol. The lowest BCUT2D eigenvalue weighted by atomic mass is 10.1. The van der Waals surface area contributed by atoms with E-state index in [0.717, 1.165) is 30.8 Å². The van der Waals surface area contributed by atoms with Crippen LogP contribution in [0.4, 0.5) is 0 Å². The Bertz CT molecular complexity index is 832. The van der Waals surface area contributed by atoms with Gasteiger partial charge in [0.1, 0.15) is 6.61 Å². The van der Waals surface area contributed by atoms with Crippen molar-refractivity contribution < 1.29 is 9.47 Å². The number of nitrogens with zero attached hydrogens (tertiary/aromatic N) is 1. The number of likely N-dealkylation sites (N-methyl/N-ethyl adjacent to an activating group) is 1. The molecule has 29 heavy (non-hydrogen) atoms. The number of hydrogen-bond acceptors (Lipinski definition) is 4. The minimum atomic E-state index is 0.319. The van der Waals surface area contributed by atoms with Crippen LogP contribution in [0.1, 0.15) is 30.9 Å². The van der Waals surface area contributed by atoms with Crippen molar-refractivity contribution in [3.05, 3.63) is 56.5 Å². The SMILES string of the molecule is CCN1CCCC1CNCc1cc(Cl)c(OCc2ccc(Cl)c(Cl)c2)c(OC)c1. The molecular formula is C22H27Cl3N2O2. The molecule has 2 aromatic rings. The zero-order valence-electron chi connectivity index (χ0n) is 16.8. The Morgan fingerprint density at radius 1 is 1.07 bits per heavy atom. The average molecular weight is 458 g/mol. The van der Waals surface area contributed by atoms with Gasteiger partial charge in [0.05, 0.1) is 22.2 Å². The lowest BCUT2D eigenvalue weighted by Crippen LogP contribution is -2.37. The first-order chi connectivity index (χ1) is 14.0. The quantitative estimate of drug-likeness (QED) is 0.515. The molecule has 0 aromatic heterocycles. The molecule has 1 aliphatic heterocycles. The molecular weight excluding hydrogens is 431 g/mol. The van der Waals surface area contributed by atoms with Crippen molar-refractivity contribution in [2.45, 2.75) is 39.0 Å². The number of benzene rings is 2. The number of nitrogens with one attached hydrogen (secondary N) is 1. The lowest BCUT2D eigenvalue weighted by Gasteiger charge is -2.23. The van der Waals surface area contributed by atoms with Crippen LogP contribution in [0.25, 0.3) is 0 Å². The first kappa shape index (κ1) is 22.5. The number of hydrogen-bond donors (Lipinski definition) is 1. The Balaban J connectivity index is 1.61. The van der Waals surface area contributed by atoms with Gasteiger partial charge < -0.3 is 14.8 Å². The van der Waals surface area contributed by atoms with Crippen LogP contribution in [0.2, 0.25) is 15.1 Å². The summed E-state index contributed by atoms with van der Waals surface area (Å²) in [6, 6.07) is 9.91. The van der Waals surface area contributed by atoms with Gasteiger partial charge in [-0.2, -0.15) is 0 Å². The third kappa shape index (κ3) is 5.93. The van der Waals surface area contributed by atoms with Gasteiger partial charge in [-0.3, -0.25) is 4.90 Å². The number of ether oxygens (including phenoxy) is 2. The smallest absolute Gasteiger partial charge is 0.180 e. The summed E-state index contributed by atoms with van der Waals surface area (Å²) in [6.45, 7) is 6.56. The van der Waals surface area contributed by atoms with E-state index in [9.17, 15) is 0 Å². The predicted octanol–water partition coefficient (Wildman–Crippen LogP) is 5.81. The molecule has 2 aromatic carbocycles. The Hall–Kier alpha value is -1.17. The Labute approximate surface area is 188 Å². The van der Waals surface area contributed by atoms with Crippen LogP contribution in [0.5, 0.6) is 11.5 Å². The summed E-state index contributed by atoms with van der Waals surface area (Å²) in [5, 5.41) is 5.09. The molecule has 7 heteroatoms. The normalized spacial score (nSPS) is 16.9. The van der Waals surface area contributed by atoms with E-state index in [1.54, 1.807) is 19.2 Å². The van der Waals surface area contributed by atoms with Gasteiger partial charge in [-0.1, -0.05) is 47.8 Å². The molecule has 1 unspecified atom stereocenters. The Morgan fingerprint density at radius 2 is 1.86 bits per heavy atom. The van der Waals surface area contributed by atoms with Crippen molar-refractivity contribution in [3.63, 3.8) is 0 Å². The molecule has 3 rings (SSSR count). The van der Waals surface area contributed by atoms with E-state index in [2.05, 4.69) is 17.1 Å². The van der Waals surface area contributed by atoms with E-state index in [-0.39, 0.29) is 0 Å². The summed E-state index contributed by atoms with van der Waals surface area (Å²) >= 11 is 18.5. The Kier molecular flexibility index (Phi) is 8.34. The molecule has 1 N–H and O–H groups in total. The van der Waals surface area contributed by atoms with Gasteiger partial charge in [-0.15, -0.1) is 0 Å². The van der Waals surface area contributed by atoms with E-state index in [0.29, 0.717) is 39.2 Å². The summed E-state index contributed by atoms with van der Waals surface area (Å²) in [7, 11) is 1.62. The molecule has 1 heterocycles. The monoisotopic (exact) mass is 456 g/mol. The fraction of sp³-hybridized carbons (Fsp3) is 0.455. The number of rotatable bonds is 9. The molecule has 1 fully saturated rings. The van der Waals surface area contributed by atoms with Crippen LogP contribution in [0, 0.1) is 0 Å². The van der Waals surface area contributed by atoms with Gasteiger partial charge in [0.15, 0.2) is 11.5 Å². The molecule has 0 amide bonds. The Morgan fingerprint density at radius 3 is 2.59 bits per heavy atom. The zero-order chi connectivity index (χ0) is 20.8. The molecule has 0 spiro atoms. The summed E-state index contributed by atoms with van der Waals surface area (Å²) in [4.78, 5) is 2.53. The van der Waals surface area contributed by atoms with Gasteiger partial charge in [0.25, 0.3) is 0 Å². The number of methoxy groups -OCH3 is 1. The third-order valence-corrected chi connectivity index (χ3v) is 6.29. The van der Waals surface area contributed by atoms with Crippen LogP contribution < -0.4 is 14.8 Å². The first-order valence-electron chi connectivity index (χ1n) is 9.89. The maximum atomic E-state index is 6.50. The number of likely N-dealkylation sites (tertiary alicyclic amines) is 1. The zero-order valence-corrected chi connectivity index (χ0v) is 19.1. The summed E-state index contributed by atoms with van der Waals surface area (Å²) in [6.07, 6.45) is 2.54. The van der Waals surface area contributed by atoms with Crippen molar-refractivity contribution in [1.82, 2.24) is 10.2 Å². The van der Waals surface area contributed by atoms with Gasteiger partial charge in [0, 0.05) is 19.1 Å². The molecule has 0 saturated carbocycles. The maximum absolute atomic E-state index is 6.50. The molecule has 0 radical (unpaired) electrons. The molecule has 4 nitrogen and oxygen atoms in total. The van der Waals surface area contributed by atoms with Crippen molar-refractivity contribution in [2.75, 3.05) is 26.7 Å². The van der Waals surface area contributed by atoms with E-state index in [1.807, 2.05) is 18.2 Å². The largest absolute Gasteiger partial charge is 0.493 e. The highest BCUT2D eigenvalue weighted by molar-refractivity contribution is 6.42. The fourth-order valence-corrected chi connectivity index (χ4v) is 4.33. The van der Waals surface area contributed by atoms with Crippen molar-refractivity contribution in [2.24, 2.45) is 0 Å². The van der Waals surface area contributed by atoms with Gasteiger partial charge in [-0.25, -0.2) is 0 Å². The van der Waals surface area contributed by atoms with Crippen LogP contribution in [0.3, 0.4) is 0 Å². The molecule has 1 saturated heterocycles. The third-order valence-electron chi connectivity index (χ3n) is 5.27. The second-order valence-electron chi connectivity index (χ2n) is 7.20. The maximum Gasteiger partial charge on any atom is 0.180 e. The van der Waals surface area contributed by atoms with E-state index in [4.69, 9.17) is 44.3 Å². The lowest BCUT2D eigenvalue weighted by molar-refractivity contribution is 0.260. The van der Waals surface area contributed by atoms with E-state index < -0.39 is 0 Å². The highest BCUT2D eigenvalue weighted by Crippen LogP contribution is 2.37. The van der Waals surface area contributed by atoms with Crippen LogP contribution in [-0.2, 0) is 13.2 Å². The highest BCUT2D eigenvalue weighted by Gasteiger charge is 2.22. The summed E-state index contributed by atoms with van der Waals surface area (Å²) < 4.78 is 11.4. The molecule has 1 aliphatic rings. The van der Waals surface area contributed by atoms with Crippen LogP contribution >= 0.6 is 34.8 Å². The molecule has 158 valence electrons. The van der Waals surface area contributed by atoms with Crippen molar-refractivity contribution in [1.29, 1.82) is 0 Å². The van der Waals surface area contributed by atoms with E-state index in [1.165, 1.54) is 19.4 Å². The standard InChI is InChI=1S/C22H27Cl3N2O2/c1-3-27-8-4-5-17(27)13-26-12-16-10-20(25)22(21(11-16)28-2)29-14-15-6-7-18(23)19(24)9-15/h6-7,9-11,17,26H,3-5,8,12-14H2,1-2H3. The number of halogens is 3. The average Bonchev–Trinajstić information content (AvgIpc) is 3.17. The van der Waals surface area contributed by atoms with Gasteiger partial charge in [0.2, 0.25) is 0 Å². The molecule has 1 atom stereocenters. The second kappa shape index (κ2) is 10.7. The summed E-state index contributed by atoms with van der Waals surface area (Å²) in [5.74, 6) is 1.14. The fourth-order valence-electron chi connectivity index (χ4n) is 3.73. The summed E-state index contributed by atoms with van der Waals surface area (Å²) in [5.41, 5.74) is 1.97. The topological polar surface area (TPSA) is 33.7 Å². The van der Waals surface area contributed by atoms with Gasteiger partial charge >= 0.3 is 0 Å². The van der Waals surface area contributed by atoms with Crippen LogP contribution in [0.15, 0.2) is 30.3 Å². The van der Waals surface area contributed by atoms with Crippen LogP contribution in [-0.4, -0.2) is 37.7 Å². The molecule has 0 bridgehead atoms. The minimum absolute atomic E-state index is 0.319. The second-order valence-corrected chi connectivity index (χ2v) is 8.42. The molecule has 0 aliphatic carbocycles.